The van der Waals surface area contributed by atoms with E-state index in [9.17, 15) is 4.79 Å². The Kier molecular flexibility index (Phi) is 4.19. The van der Waals surface area contributed by atoms with Crippen LogP contribution in [0.2, 0.25) is 0 Å². The van der Waals surface area contributed by atoms with E-state index in [1.807, 2.05) is 49.4 Å². The molecule has 1 amide bonds. The van der Waals surface area contributed by atoms with Crippen molar-refractivity contribution in [3.05, 3.63) is 62.5 Å². The van der Waals surface area contributed by atoms with Gasteiger partial charge in [-0.05, 0) is 52.7 Å². The molecule has 0 aliphatic heterocycles. The Labute approximate surface area is 123 Å². The first-order valence-corrected chi connectivity index (χ1v) is 6.98. The molecule has 0 spiro atoms. The summed E-state index contributed by atoms with van der Waals surface area (Å²) in [7, 11) is 0. The number of anilines is 1. The van der Waals surface area contributed by atoms with Crippen LogP contribution in [0.15, 0.2) is 51.4 Å². The lowest BCUT2D eigenvalue weighted by atomic mass is 10.1. The predicted octanol–water partition coefficient (Wildman–Crippen LogP) is 4.77. The van der Waals surface area contributed by atoms with E-state index in [0.717, 1.165) is 20.2 Å². The lowest BCUT2D eigenvalue weighted by Crippen LogP contribution is -2.13. The summed E-state index contributed by atoms with van der Waals surface area (Å²) < 4.78 is 1.81. The van der Waals surface area contributed by atoms with Crippen LogP contribution in [0.3, 0.4) is 0 Å². The molecule has 1 N–H and O–H groups in total. The molecule has 18 heavy (non-hydrogen) atoms. The van der Waals surface area contributed by atoms with E-state index in [4.69, 9.17) is 0 Å². The maximum Gasteiger partial charge on any atom is 0.255 e. The smallest absolute Gasteiger partial charge is 0.255 e. The van der Waals surface area contributed by atoms with Crippen molar-refractivity contribution in [2.75, 3.05) is 5.32 Å². The van der Waals surface area contributed by atoms with Crippen molar-refractivity contribution in [3.63, 3.8) is 0 Å². The highest BCUT2D eigenvalue weighted by Gasteiger charge is 2.10. The number of carbonyl (C=O) groups excluding carboxylic acids is 1. The lowest BCUT2D eigenvalue weighted by molar-refractivity contribution is 0.102. The van der Waals surface area contributed by atoms with E-state index in [1.165, 1.54) is 0 Å². The third-order valence-corrected chi connectivity index (χ3v) is 3.72. The van der Waals surface area contributed by atoms with Gasteiger partial charge >= 0.3 is 0 Å². The summed E-state index contributed by atoms with van der Waals surface area (Å²) in [4.78, 5) is 12.1. The molecule has 92 valence electrons. The van der Waals surface area contributed by atoms with Crippen LogP contribution < -0.4 is 5.32 Å². The van der Waals surface area contributed by atoms with Crippen LogP contribution in [-0.4, -0.2) is 5.91 Å². The quantitative estimate of drug-likeness (QED) is 0.812. The standard InChI is InChI=1S/C14H11Br2NO/c1-9-4-2-3-5-11(9)14(18)17-13-7-6-10(15)8-12(13)16/h2-8H,1H3,(H,17,18). The summed E-state index contributed by atoms with van der Waals surface area (Å²) >= 11 is 6.80. The number of aryl methyl sites for hydroxylation is 1. The van der Waals surface area contributed by atoms with Crippen LogP contribution in [0.25, 0.3) is 0 Å². The molecule has 0 aliphatic rings. The summed E-state index contributed by atoms with van der Waals surface area (Å²) in [5.41, 5.74) is 2.40. The Morgan fingerprint density at radius 2 is 1.83 bits per heavy atom. The molecule has 0 aromatic heterocycles. The first-order valence-electron chi connectivity index (χ1n) is 5.40. The zero-order valence-corrected chi connectivity index (χ0v) is 12.9. The van der Waals surface area contributed by atoms with E-state index < -0.39 is 0 Å². The number of benzene rings is 2. The van der Waals surface area contributed by atoms with Crippen molar-refractivity contribution in [3.8, 4) is 0 Å². The average Bonchev–Trinajstić information content (AvgIpc) is 2.33. The van der Waals surface area contributed by atoms with Gasteiger partial charge in [0.25, 0.3) is 5.91 Å². The van der Waals surface area contributed by atoms with E-state index in [-0.39, 0.29) is 5.91 Å². The molecular formula is C14H11Br2NO. The SMILES string of the molecule is Cc1ccccc1C(=O)Nc1ccc(Br)cc1Br. The lowest BCUT2D eigenvalue weighted by Gasteiger charge is -2.09. The van der Waals surface area contributed by atoms with Gasteiger partial charge in [0.1, 0.15) is 0 Å². The Hall–Kier alpha value is -1.13. The van der Waals surface area contributed by atoms with E-state index in [1.54, 1.807) is 0 Å². The molecule has 0 saturated heterocycles. The van der Waals surface area contributed by atoms with Crippen molar-refractivity contribution >= 4 is 43.5 Å². The Morgan fingerprint density at radius 1 is 1.11 bits per heavy atom. The summed E-state index contributed by atoms with van der Waals surface area (Å²) in [6.45, 7) is 1.92. The van der Waals surface area contributed by atoms with Gasteiger partial charge in [-0.25, -0.2) is 0 Å². The van der Waals surface area contributed by atoms with Gasteiger partial charge in [-0.2, -0.15) is 0 Å². The van der Waals surface area contributed by atoms with E-state index in [2.05, 4.69) is 37.2 Å². The molecule has 2 aromatic carbocycles. The summed E-state index contributed by atoms with van der Waals surface area (Å²) in [5, 5.41) is 2.89. The van der Waals surface area contributed by atoms with Gasteiger partial charge in [0.15, 0.2) is 0 Å². The molecule has 0 saturated carbocycles. The third kappa shape index (κ3) is 3.00. The fourth-order valence-corrected chi connectivity index (χ4v) is 2.75. The topological polar surface area (TPSA) is 29.1 Å². The van der Waals surface area contributed by atoms with E-state index in [0.29, 0.717) is 5.56 Å². The van der Waals surface area contributed by atoms with E-state index >= 15 is 0 Å². The molecule has 0 aliphatic carbocycles. The van der Waals surface area contributed by atoms with Crippen LogP contribution >= 0.6 is 31.9 Å². The van der Waals surface area contributed by atoms with Gasteiger partial charge in [-0.3, -0.25) is 4.79 Å². The minimum Gasteiger partial charge on any atom is -0.321 e. The third-order valence-electron chi connectivity index (χ3n) is 2.57. The zero-order valence-electron chi connectivity index (χ0n) is 9.71. The molecule has 0 bridgehead atoms. The number of nitrogens with one attached hydrogen (secondary N) is 1. The zero-order chi connectivity index (χ0) is 13.1. The molecular weight excluding hydrogens is 358 g/mol. The highest BCUT2D eigenvalue weighted by molar-refractivity contribution is 9.11. The van der Waals surface area contributed by atoms with Crippen molar-refractivity contribution < 1.29 is 4.79 Å². The number of hydrogen-bond acceptors (Lipinski definition) is 1. The number of rotatable bonds is 2. The second-order valence-electron chi connectivity index (χ2n) is 3.89. The Balaban J connectivity index is 2.24. The Bertz CT molecular complexity index is 596. The molecule has 0 atom stereocenters. The monoisotopic (exact) mass is 367 g/mol. The van der Waals surface area contributed by atoms with Gasteiger partial charge < -0.3 is 5.32 Å². The first-order chi connectivity index (χ1) is 8.58. The maximum atomic E-state index is 12.1. The maximum absolute atomic E-state index is 12.1. The van der Waals surface area contributed by atoms with Crippen LogP contribution in [0.4, 0.5) is 5.69 Å². The second kappa shape index (κ2) is 5.67. The van der Waals surface area contributed by atoms with Crippen molar-refractivity contribution in [2.24, 2.45) is 0 Å². The summed E-state index contributed by atoms with van der Waals surface area (Å²) in [6, 6.07) is 13.2. The highest BCUT2D eigenvalue weighted by atomic mass is 79.9. The minimum absolute atomic E-state index is 0.101. The molecule has 4 heteroatoms. The van der Waals surface area contributed by atoms with Gasteiger partial charge in [-0.15, -0.1) is 0 Å². The number of amides is 1. The van der Waals surface area contributed by atoms with Crippen molar-refractivity contribution in [1.82, 2.24) is 0 Å². The minimum atomic E-state index is -0.101. The molecule has 2 nitrogen and oxygen atoms in total. The highest BCUT2D eigenvalue weighted by Crippen LogP contribution is 2.26. The largest absolute Gasteiger partial charge is 0.321 e. The van der Waals surface area contributed by atoms with Gasteiger partial charge in [0, 0.05) is 14.5 Å². The normalized spacial score (nSPS) is 10.2. The molecule has 0 fully saturated rings. The number of carbonyl (C=O) groups is 1. The van der Waals surface area contributed by atoms with Gasteiger partial charge in [-0.1, -0.05) is 34.1 Å². The molecule has 0 unspecified atom stereocenters. The van der Waals surface area contributed by atoms with Crippen LogP contribution in [0.5, 0.6) is 0 Å². The summed E-state index contributed by atoms with van der Waals surface area (Å²) in [6.07, 6.45) is 0. The van der Waals surface area contributed by atoms with Crippen molar-refractivity contribution in [2.45, 2.75) is 6.92 Å². The summed E-state index contributed by atoms with van der Waals surface area (Å²) in [5.74, 6) is -0.101. The van der Waals surface area contributed by atoms with Crippen LogP contribution in [0.1, 0.15) is 15.9 Å². The van der Waals surface area contributed by atoms with Crippen LogP contribution in [0, 0.1) is 6.92 Å². The fourth-order valence-electron chi connectivity index (χ4n) is 1.61. The van der Waals surface area contributed by atoms with Gasteiger partial charge in [0.2, 0.25) is 0 Å². The second-order valence-corrected chi connectivity index (χ2v) is 5.66. The average molecular weight is 369 g/mol. The predicted molar refractivity (Wildman–Crippen MR) is 81.0 cm³/mol. The fraction of sp³-hybridized carbons (Fsp3) is 0.0714. The molecule has 0 radical (unpaired) electrons. The number of hydrogen-bond donors (Lipinski definition) is 1. The van der Waals surface area contributed by atoms with Gasteiger partial charge in [0.05, 0.1) is 5.69 Å². The van der Waals surface area contributed by atoms with Crippen LogP contribution in [-0.2, 0) is 0 Å². The molecule has 0 heterocycles. The first kappa shape index (κ1) is 13.3. The molecule has 2 aromatic rings. The molecule has 2 rings (SSSR count). The van der Waals surface area contributed by atoms with Crippen molar-refractivity contribution in [1.29, 1.82) is 0 Å². The Morgan fingerprint density at radius 3 is 2.50 bits per heavy atom. The number of halogens is 2.